The van der Waals surface area contributed by atoms with E-state index in [-0.39, 0.29) is 11.9 Å². The minimum Gasteiger partial charge on any atom is -0.466 e. The van der Waals surface area contributed by atoms with Gasteiger partial charge in [0.2, 0.25) is 0 Å². The predicted molar refractivity (Wildman–Crippen MR) is 56.0 cm³/mol. The number of hydrogen-bond donors (Lipinski definition) is 1. The molecule has 1 aliphatic carbocycles. The fourth-order valence-corrected chi connectivity index (χ4v) is 1.57. The van der Waals surface area contributed by atoms with Crippen LogP contribution in [0.3, 0.4) is 0 Å². The Labute approximate surface area is 86.2 Å². The molecule has 0 heterocycles. The van der Waals surface area contributed by atoms with Gasteiger partial charge in [0, 0.05) is 6.54 Å². The number of ether oxygens (including phenoxy) is 1. The number of rotatable bonds is 6. The molecule has 1 saturated carbocycles. The first-order valence-corrected chi connectivity index (χ1v) is 5.61. The average Bonchev–Trinajstić information content (AvgIpc) is 2.09. The lowest BCUT2D eigenvalue weighted by molar-refractivity contribution is -0.147. The van der Waals surface area contributed by atoms with Gasteiger partial charge in [0.05, 0.1) is 12.5 Å². The third-order valence-corrected chi connectivity index (χ3v) is 2.80. The topological polar surface area (TPSA) is 38.3 Å². The largest absolute Gasteiger partial charge is 0.466 e. The summed E-state index contributed by atoms with van der Waals surface area (Å²) in [5, 5.41) is 3.33. The van der Waals surface area contributed by atoms with Crippen LogP contribution in [-0.4, -0.2) is 25.7 Å². The molecule has 0 aromatic rings. The summed E-state index contributed by atoms with van der Waals surface area (Å²) in [5.41, 5.74) is 0. The van der Waals surface area contributed by atoms with Crippen LogP contribution in [0.1, 0.15) is 33.1 Å². The van der Waals surface area contributed by atoms with Crippen molar-refractivity contribution in [2.45, 2.75) is 33.1 Å². The number of hydrogen-bond acceptors (Lipinski definition) is 3. The zero-order chi connectivity index (χ0) is 10.4. The van der Waals surface area contributed by atoms with E-state index in [0.29, 0.717) is 6.61 Å². The summed E-state index contributed by atoms with van der Waals surface area (Å²) in [6, 6.07) is 0. The van der Waals surface area contributed by atoms with Gasteiger partial charge in [0.15, 0.2) is 0 Å². The van der Waals surface area contributed by atoms with Crippen LogP contribution in [0.25, 0.3) is 0 Å². The van der Waals surface area contributed by atoms with Crippen molar-refractivity contribution >= 4 is 5.97 Å². The van der Waals surface area contributed by atoms with Gasteiger partial charge in [-0.15, -0.1) is 0 Å². The standard InChI is InChI=1S/C11H21NO2/c1-3-14-11(13)9(2)7-12-8-10-5-4-6-10/h9-10,12H,3-8H2,1-2H3. The fourth-order valence-electron chi connectivity index (χ4n) is 1.57. The molecule has 3 heteroatoms. The second-order valence-electron chi connectivity index (χ2n) is 4.11. The molecule has 3 nitrogen and oxygen atoms in total. The van der Waals surface area contributed by atoms with Crippen LogP contribution < -0.4 is 5.32 Å². The van der Waals surface area contributed by atoms with Gasteiger partial charge in [-0.05, 0) is 32.2 Å². The molecule has 0 bridgehead atoms. The molecule has 0 aromatic carbocycles. The van der Waals surface area contributed by atoms with Crippen molar-refractivity contribution in [3.8, 4) is 0 Å². The van der Waals surface area contributed by atoms with Crippen molar-refractivity contribution < 1.29 is 9.53 Å². The van der Waals surface area contributed by atoms with Gasteiger partial charge in [-0.3, -0.25) is 4.79 Å². The Hall–Kier alpha value is -0.570. The van der Waals surface area contributed by atoms with Crippen LogP contribution in [0.2, 0.25) is 0 Å². The molecular formula is C11H21NO2. The summed E-state index contributed by atoms with van der Waals surface area (Å²) in [4.78, 5) is 11.2. The summed E-state index contributed by atoms with van der Waals surface area (Å²) >= 11 is 0. The van der Waals surface area contributed by atoms with Crippen LogP contribution in [0.5, 0.6) is 0 Å². The lowest BCUT2D eigenvalue weighted by Crippen LogP contribution is -2.33. The highest BCUT2D eigenvalue weighted by Gasteiger charge is 2.18. The van der Waals surface area contributed by atoms with E-state index in [2.05, 4.69) is 5.32 Å². The Morgan fingerprint density at radius 1 is 1.57 bits per heavy atom. The van der Waals surface area contributed by atoms with Crippen molar-refractivity contribution in [1.82, 2.24) is 5.32 Å². The van der Waals surface area contributed by atoms with Gasteiger partial charge in [0.1, 0.15) is 0 Å². The van der Waals surface area contributed by atoms with Crippen molar-refractivity contribution in [3.05, 3.63) is 0 Å². The third kappa shape index (κ3) is 3.66. The van der Waals surface area contributed by atoms with E-state index < -0.39 is 0 Å². The number of carbonyl (C=O) groups is 1. The van der Waals surface area contributed by atoms with E-state index in [0.717, 1.165) is 19.0 Å². The molecule has 0 spiro atoms. The summed E-state index contributed by atoms with van der Waals surface area (Å²) in [6.07, 6.45) is 4.07. The smallest absolute Gasteiger partial charge is 0.309 e. The van der Waals surface area contributed by atoms with Crippen LogP contribution in [0, 0.1) is 11.8 Å². The molecule has 0 radical (unpaired) electrons. The molecule has 0 saturated heterocycles. The quantitative estimate of drug-likeness (QED) is 0.660. The Balaban J connectivity index is 2.01. The molecule has 82 valence electrons. The first kappa shape index (κ1) is 11.5. The maximum absolute atomic E-state index is 11.2. The summed E-state index contributed by atoms with van der Waals surface area (Å²) in [7, 11) is 0. The fraction of sp³-hybridized carbons (Fsp3) is 0.909. The van der Waals surface area contributed by atoms with E-state index in [1.165, 1.54) is 19.3 Å². The third-order valence-electron chi connectivity index (χ3n) is 2.80. The Morgan fingerprint density at radius 2 is 2.29 bits per heavy atom. The van der Waals surface area contributed by atoms with Gasteiger partial charge in [-0.2, -0.15) is 0 Å². The first-order valence-electron chi connectivity index (χ1n) is 5.61. The number of esters is 1. The monoisotopic (exact) mass is 199 g/mol. The molecule has 1 N–H and O–H groups in total. The van der Waals surface area contributed by atoms with E-state index in [4.69, 9.17) is 4.74 Å². The van der Waals surface area contributed by atoms with Crippen molar-refractivity contribution in [2.24, 2.45) is 11.8 Å². The predicted octanol–water partition coefficient (Wildman–Crippen LogP) is 1.58. The van der Waals surface area contributed by atoms with Gasteiger partial charge < -0.3 is 10.1 Å². The second-order valence-corrected chi connectivity index (χ2v) is 4.11. The number of nitrogens with one attached hydrogen (secondary N) is 1. The Bertz CT molecular complexity index is 178. The highest BCUT2D eigenvalue weighted by molar-refractivity contribution is 5.72. The minimum atomic E-state index is -0.0893. The summed E-state index contributed by atoms with van der Waals surface area (Å²) in [6.45, 7) is 6.03. The van der Waals surface area contributed by atoms with Gasteiger partial charge >= 0.3 is 5.97 Å². The lowest BCUT2D eigenvalue weighted by atomic mass is 9.85. The van der Waals surface area contributed by atoms with Gasteiger partial charge in [0.25, 0.3) is 0 Å². The zero-order valence-electron chi connectivity index (χ0n) is 9.21. The molecule has 1 fully saturated rings. The first-order chi connectivity index (χ1) is 6.74. The molecule has 0 amide bonds. The van der Waals surface area contributed by atoms with Crippen molar-refractivity contribution in [1.29, 1.82) is 0 Å². The SMILES string of the molecule is CCOC(=O)C(C)CNCC1CCC1. The van der Waals surface area contributed by atoms with Crippen LogP contribution >= 0.6 is 0 Å². The highest BCUT2D eigenvalue weighted by atomic mass is 16.5. The molecule has 0 aliphatic heterocycles. The maximum Gasteiger partial charge on any atom is 0.309 e. The van der Waals surface area contributed by atoms with Crippen molar-refractivity contribution in [2.75, 3.05) is 19.7 Å². The van der Waals surface area contributed by atoms with Gasteiger partial charge in [-0.1, -0.05) is 13.3 Å². The lowest BCUT2D eigenvalue weighted by Gasteiger charge is -2.26. The molecule has 14 heavy (non-hydrogen) atoms. The Morgan fingerprint density at radius 3 is 2.79 bits per heavy atom. The number of carbonyl (C=O) groups excluding carboxylic acids is 1. The van der Waals surface area contributed by atoms with Crippen LogP contribution in [-0.2, 0) is 9.53 Å². The van der Waals surface area contributed by atoms with E-state index >= 15 is 0 Å². The summed E-state index contributed by atoms with van der Waals surface area (Å²) < 4.78 is 4.92. The van der Waals surface area contributed by atoms with Gasteiger partial charge in [-0.25, -0.2) is 0 Å². The van der Waals surface area contributed by atoms with Crippen molar-refractivity contribution in [3.63, 3.8) is 0 Å². The minimum absolute atomic E-state index is 0.0185. The molecule has 1 unspecified atom stereocenters. The highest BCUT2D eigenvalue weighted by Crippen LogP contribution is 2.25. The summed E-state index contributed by atoms with van der Waals surface area (Å²) in [5.74, 6) is 0.744. The second kappa shape index (κ2) is 6.02. The maximum atomic E-state index is 11.2. The normalized spacial score (nSPS) is 18.7. The average molecular weight is 199 g/mol. The molecule has 1 rings (SSSR count). The molecular weight excluding hydrogens is 178 g/mol. The molecule has 1 atom stereocenters. The zero-order valence-corrected chi connectivity index (χ0v) is 9.21. The van der Waals surface area contributed by atoms with E-state index in [1.807, 2.05) is 13.8 Å². The van der Waals surface area contributed by atoms with E-state index in [9.17, 15) is 4.79 Å². The Kier molecular flexibility index (Phi) is 4.94. The van der Waals surface area contributed by atoms with Crippen LogP contribution in [0.15, 0.2) is 0 Å². The van der Waals surface area contributed by atoms with Crippen LogP contribution in [0.4, 0.5) is 0 Å². The molecule has 0 aromatic heterocycles. The molecule has 1 aliphatic rings. The van der Waals surface area contributed by atoms with E-state index in [1.54, 1.807) is 0 Å².